The highest BCUT2D eigenvalue weighted by Crippen LogP contribution is 2.50. The van der Waals surface area contributed by atoms with Gasteiger partial charge >= 0.3 is 0 Å². The van der Waals surface area contributed by atoms with E-state index < -0.39 is 0 Å². The number of anilines is 6. The van der Waals surface area contributed by atoms with Crippen molar-refractivity contribution in [3.8, 4) is 0 Å². The van der Waals surface area contributed by atoms with Gasteiger partial charge in [0.15, 0.2) is 0 Å². The maximum Gasteiger partial charge on any atom is 0.0561 e. The molecule has 0 saturated carbocycles. The summed E-state index contributed by atoms with van der Waals surface area (Å²) in [5.41, 5.74) is 15.6. The lowest BCUT2D eigenvalue weighted by Gasteiger charge is -2.32. The Labute approximate surface area is 294 Å². The van der Waals surface area contributed by atoms with Crippen molar-refractivity contribution >= 4 is 62.6 Å². The lowest BCUT2D eigenvalue weighted by atomic mass is 9.90. The molecule has 50 heavy (non-hydrogen) atoms. The molecule has 2 aliphatic carbocycles. The summed E-state index contributed by atoms with van der Waals surface area (Å²) in [5.74, 6) is 0. The molecule has 0 spiro atoms. The Morgan fingerprint density at radius 2 is 1.02 bits per heavy atom. The molecule has 7 aromatic carbocycles. The van der Waals surface area contributed by atoms with E-state index in [-0.39, 0.29) is 0 Å². The summed E-state index contributed by atoms with van der Waals surface area (Å²) in [5, 5.41) is 2.53. The van der Waals surface area contributed by atoms with E-state index in [1.54, 1.807) is 0 Å². The van der Waals surface area contributed by atoms with Gasteiger partial charge < -0.3 is 9.80 Å². The molecule has 0 saturated heterocycles. The van der Waals surface area contributed by atoms with Crippen LogP contribution in [0.25, 0.3) is 28.5 Å². The zero-order valence-electron chi connectivity index (χ0n) is 28.0. The normalized spacial score (nSPS) is 13.0. The predicted octanol–water partition coefficient (Wildman–Crippen LogP) is 13.1. The van der Waals surface area contributed by atoms with E-state index >= 15 is 0 Å². The van der Waals surface area contributed by atoms with Crippen molar-refractivity contribution in [2.75, 3.05) is 9.80 Å². The van der Waals surface area contributed by atoms with Crippen LogP contribution < -0.4 is 9.80 Å². The van der Waals surface area contributed by atoms with Gasteiger partial charge in [-0.1, -0.05) is 133 Å². The number of para-hydroxylation sites is 3. The number of rotatable bonds is 7. The minimum Gasteiger partial charge on any atom is -0.310 e. The summed E-state index contributed by atoms with van der Waals surface area (Å²) in [4.78, 5) is 4.85. The number of fused-ring (bicyclic) bond motifs is 1. The highest BCUT2D eigenvalue weighted by molar-refractivity contribution is 6.12. The number of allylic oxidation sites excluding steroid dienone is 4. The summed E-state index contributed by atoms with van der Waals surface area (Å²) >= 11 is 0. The van der Waals surface area contributed by atoms with Crippen LogP contribution in [0.5, 0.6) is 0 Å². The van der Waals surface area contributed by atoms with Crippen LogP contribution in [0, 0.1) is 6.92 Å². The maximum absolute atomic E-state index is 2.43. The van der Waals surface area contributed by atoms with Gasteiger partial charge in [0.05, 0.1) is 11.4 Å². The molecule has 0 amide bonds. The van der Waals surface area contributed by atoms with E-state index in [0.717, 1.165) is 40.5 Å². The first kappa shape index (κ1) is 29.7. The first-order valence-corrected chi connectivity index (χ1v) is 17.3. The molecule has 0 radical (unpaired) electrons. The Bertz CT molecular complexity index is 2380. The molecule has 0 aromatic heterocycles. The van der Waals surface area contributed by atoms with E-state index in [1.807, 2.05) is 0 Å². The second kappa shape index (κ2) is 12.6. The van der Waals surface area contributed by atoms with E-state index in [2.05, 4.69) is 205 Å². The predicted molar refractivity (Wildman–Crippen MR) is 213 cm³/mol. The van der Waals surface area contributed by atoms with Crippen molar-refractivity contribution in [2.24, 2.45) is 0 Å². The SMILES string of the molecule is Cc1ccc(N(c2ccccc2)c2cc(N(c3ccccc3)c3ccccc3)c3c4c5c(ccc24)C=C(c2ccccc2)C=C(C=C3)C5)cc1. The summed E-state index contributed by atoms with van der Waals surface area (Å²) in [6.07, 6.45) is 10.3. The van der Waals surface area contributed by atoms with E-state index in [0.29, 0.717) is 0 Å². The quantitative estimate of drug-likeness (QED) is 0.171. The molecule has 0 heterocycles. The van der Waals surface area contributed by atoms with E-state index in [9.17, 15) is 0 Å². The van der Waals surface area contributed by atoms with Crippen LogP contribution in [0.1, 0.15) is 27.8 Å². The van der Waals surface area contributed by atoms with E-state index in [1.165, 1.54) is 49.7 Å². The molecule has 0 N–H and O–H groups in total. The van der Waals surface area contributed by atoms with Crippen molar-refractivity contribution in [1.82, 2.24) is 0 Å². The molecular formula is C48H36N2. The molecule has 238 valence electrons. The third-order valence-electron chi connectivity index (χ3n) is 9.86. The largest absolute Gasteiger partial charge is 0.310 e. The molecule has 0 fully saturated rings. The van der Waals surface area contributed by atoms with Gasteiger partial charge in [-0.2, -0.15) is 0 Å². The average Bonchev–Trinajstić information content (AvgIpc) is 3.49. The lowest BCUT2D eigenvalue weighted by molar-refractivity contribution is 1.22. The standard InChI is InChI=1S/C48H36N2/c1-34-22-26-42(27-23-34)50(41-20-12-5-13-21-41)47-33-46(49(39-16-8-3-9-17-39)40-18-10-4-11-19-40)43-28-24-35-30-38(36-14-6-2-7-15-36)32-37-25-29-44(47)48(43)45(37)31-35/h2-30,32-33H,31H2,1H3. The molecule has 0 unspecified atom stereocenters. The Morgan fingerprint density at radius 1 is 0.480 bits per heavy atom. The summed E-state index contributed by atoms with van der Waals surface area (Å²) < 4.78 is 0. The highest BCUT2D eigenvalue weighted by Gasteiger charge is 2.27. The van der Waals surface area contributed by atoms with Gasteiger partial charge in [-0.15, -0.1) is 0 Å². The molecular weight excluding hydrogens is 605 g/mol. The second-order valence-electron chi connectivity index (χ2n) is 13.1. The first-order chi connectivity index (χ1) is 24.7. The van der Waals surface area contributed by atoms with Gasteiger partial charge in [0, 0.05) is 33.7 Å². The van der Waals surface area contributed by atoms with Crippen LogP contribution in [-0.4, -0.2) is 0 Å². The van der Waals surface area contributed by atoms with Crippen LogP contribution in [0.4, 0.5) is 34.1 Å². The third kappa shape index (κ3) is 5.32. The second-order valence-corrected chi connectivity index (χ2v) is 13.1. The zero-order valence-corrected chi connectivity index (χ0v) is 28.0. The van der Waals surface area contributed by atoms with Crippen molar-refractivity contribution in [3.05, 3.63) is 209 Å². The molecule has 7 aromatic rings. The van der Waals surface area contributed by atoms with Crippen LogP contribution in [0.15, 0.2) is 182 Å². The number of benzene rings is 7. The fraction of sp³-hybridized carbons (Fsp3) is 0.0417. The average molecular weight is 641 g/mol. The van der Waals surface area contributed by atoms with Gasteiger partial charge in [-0.05, 0) is 107 Å². The van der Waals surface area contributed by atoms with Crippen molar-refractivity contribution < 1.29 is 0 Å². The molecule has 0 atom stereocenters. The minimum atomic E-state index is 0.860. The monoisotopic (exact) mass is 640 g/mol. The van der Waals surface area contributed by atoms with Gasteiger partial charge in [0.2, 0.25) is 0 Å². The summed E-state index contributed by atoms with van der Waals surface area (Å²) in [7, 11) is 0. The third-order valence-corrected chi connectivity index (χ3v) is 9.86. The minimum absolute atomic E-state index is 0.860. The molecule has 2 nitrogen and oxygen atoms in total. The summed E-state index contributed by atoms with van der Waals surface area (Å²) in [6.45, 7) is 2.15. The van der Waals surface area contributed by atoms with Crippen LogP contribution in [0.3, 0.4) is 0 Å². The lowest BCUT2D eigenvalue weighted by Crippen LogP contribution is -2.15. The van der Waals surface area contributed by atoms with Gasteiger partial charge in [0.25, 0.3) is 0 Å². The van der Waals surface area contributed by atoms with Crippen LogP contribution in [0.2, 0.25) is 0 Å². The maximum atomic E-state index is 2.43. The first-order valence-electron chi connectivity index (χ1n) is 17.3. The molecule has 2 heteroatoms. The Hall–Kier alpha value is -6.38. The fourth-order valence-corrected chi connectivity index (χ4v) is 7.50. The molecule has 9 rings (SSSR count). The zero-order chi connectivity index (χ0) is 33.4. The van der Waals surface area contributed by atoms with E-state index in [4.69, 9.17) is 0 Å². The van der Waals surface area contributed by atoms with Gasteiger partial charge in [0.1, 0.15) is 0 Å². The van der Waals surface area contributed by atoms with Gasteiger partial charge in [-0.25, -0.2) is 0 Å². The van der Waals surface area contributed by atoms with Crippen molar-refractivity contribution in [3.63, 3.8) is 0 Å². The number of aryl methyl sites for hydroxylation is 1. The van der Waals surface area contributed by atoms with Crippen molar-refractivity contribution in [1.29, 1.82) is 0 Å². The molecule has 2 bridgehead atoms. The number of nitrogens with zero attached hydrogens (tertiary/aromatic N) is 2. The van der Waals surface area contributed by atoms with Gasteiger partial charge in [-0.3, -0.25) is 0 Å². The van der Waals surface area contributed by atoms with Crippen LogP contribution in [-0.2, 0) is 6.42 Å². The fourth-order valence-electron chi connectivity index (χ4n) is 7.50. The molecule has 0 aliphatic heterocycles. The Kier molecular flexibility index (Phi) is 7.48. The molecule has 2 aliphatic rings. The summed E-state index contributed by atoms with van der Waals surface area (Å²) in [6, 6.07) is 59.0. The smallest absolute Gasteiger partial charge is 0.0561 e. The highest BCUT2D eigenvalue weighted by atomic mass is 15.2. The Balaban J connectivity index is 1.40. The van der Waals surface area contributed by atoms with Crippen molar-refractivity contribution in [2.45, 2.75) is 13.3 Å². The topological polar surface area (TPSA) is 6.48 Å². The number of hydrogen-bond donors (Lipinski definition) is 0. The van der Waals surface area contributed by atoms with Crippen LogP contribution >= 0.6 is 0 Å². The number of hydrogen-bond acceptors (Lipinski definition) is 2. The Morgan fingerprint density at radius 3 is 1.62 bits per heavy atom.